The molecule has 5 heteroatoms. The predicted octanol–water partition coefficient (Wildman–Crippen LogP) is 2.15. The summed E-state index contributed by atoms with van der Waals surface area (Å²) in [5, 5.41) is 7.02. The van der Waals surface area contributed by atoms with Crippen LogP contribution in [-0.4, -0.2) is 74.7 Å². The highest BCUT2D eigenvalue weighted by Gasteiger charge is 2.19. The van der Waals surface area contributed by atoms with Gasteiger partial charge in [-0.3, -0.25) is 4.99 Å². The van der Waals surface area contributed by atoms with Crippen molar-refractivity contribution >= 4 is 5.96 Å². The molecule has 2 atom stereocenters. The summed E-state index contributed by atoms with van der Waals surface area (Å²) in [5.74, 6) is 1.72. The lowest BCUT2D eigenvalue weighted by atomic mass is 9.98. The van der Waals surface area contributed by atoms with Crippen LogP contribution in [0.5, 0.6) is 0 Å². The summed E-state index contributed by atoms with van der Waals surface area (Å²) < 4.78 is 0. The molecular formula is C19H39N5. The minimum Gasteiger partial charge on any atom is -0.356 e. The molecule has 0 aromatic carbocycles. The Morgan fingerprint density at radius 2 is 2.00 bits per heavy atom. The number of hydrogen-bond donors (Lipinski definition) is 2. The Labute approximate surface area is 149 Å². The summed E-state index contributed by atoms with van der Waals surface area (Å²) in [7, 11) is 1.88. The smallest absolute Gasteiger partial charge is 0.190 e. The van der Waals surface area contributed by atoms with Gasteiger partial charge in [0.1, 0.15) is 0 Å². The monoisotopic (exact) mass is 337 g/mol. The molecule has 0 saturated carbocycles. The van der Waals surface area contributed by atoms with Crippen LogP contribution in [0.15, 0.2) is 4.99 Å². The first kappa shape index (κ1) is 19.5. The van der Waals surface area contributed by atoms with Gasteiger partial charge in [0.15, 0.2) is 5.96 Å². The molecule has 2 rings (SSSR count). The van der Waals surface area contributed by atoms with Crippen molar-refractivity contribution in [3.8, 4) is 0 Å². The molecule has 0 amide bonds. The van der Waals surface area contributed by atoms with Crippen molar-refractivity contribution in [2.24, 2.45) is 10.9 Å². The van der Waals surface area contributed by atoms with Crippen LogP contribution in [0.2, 0.25) is 0 Å². The molecule has 0 radical (unpaired) electrons. The molecule has 2 fully saturated rings. The molecule has 2 heterocycles. The number of likely N-dealkylation sites (tertiary alicyclic amines) is 2. The van der Waals surface area contributed by atoms with Crippen molar-refractivity contribution < 1.29 is 0 Å². The minimum absolute atomic E-state index is 0.756. The topological polar surface area (TPSA) is 42.9 Å². The third-order valence-electron chi connectivity index (χ3n) is 5.69. The lowest BCUT2D eigenvalue weighted by molar-refractivity contribution is 0.159. The summed E-state index contributed by atoms with van der Waals surface area (Å²) in [6, 6.07) is 0.768. The SMILES string of the molecule is CCN1CCCC(CNC(=NC)NCCCN2CCCCC2C)C1. The van der Waals surface area contributed by atoms with Crippen molar-refractivity contribution in [2.75, 3.05) is 52.9 Å². The van der Waals surface area contributed by atoms with Gasteiger partial charge in [0, 0.05) is 39.3 Å². The molecule has 140 valence electrons. The summed E-state index contributed by atoms with van der Waals surface area (Å²) in [4.78, 5) is 9.58. The van der Waals surface area contributed by atoms with Crippen molar-refractivity contribution in [2.45, 2.75) is 58.4 Å². The van der Waals surface area contributed by atoms with Crippen LogP contribution in [0.3, 0.4) is 0 Å². The molecule has 2 aliphatic heterocycles. The van der Waals surface area contributed by atoms with Gasteiger partial charge < -0.3 is 20.4 Å². The lowest BCUT2D eigenvalue weighted by Crippen LogP contribution is -2.45. The fourth-order valence-corrected chi connectivity index (χ4v) is 4.05. The minimum atomic E-state index is 0.756. The van der Waals surface area contributed by atoms with Crippen molar-refractivity contribution in [1.82, 2.24) is 20.4 Å². The molecule has 0 aliphatic carbocycles. The summed E-state index contributed by atoms with van der Waals surface area (Å²) in [6.45, 7) is 12.9. The number of rotatable bonds is 7. The molecular weight excluding hydrogens is 298 g/mol. The second-order valence-corrected chi connectivity index (χ2v) is 7.52. The highest BCUT2D eigenvalue weighted by atomic mass is 15.2. The van der Waals surface area contributed by atoms with Gasteiger partial charge in [-0.1, -0.05) is 13.3 Å². The van der Waals surface area contributed by atoms with Crippen molar-refractivity contribution in [3.05, 3.63) is 0 Å². The van der Waals surface area contributed by atoms with Crippen LogP contribution in [0.25, 0.3) is 0 Å². The standard InChI is InChI=1S/C19H39N5/c1-4-23-12-7-10-18(16-23)15-22-19(20-3)21-11-8-14-24-13-6-5-9-17(24)2/h17-18H,4-16H2,1-3H3,(H2,20,21,22). The van der Waals surface area contributed by atoms with E-state index in [-0.39, 0.29) is 0 Å². The average molecular weight is 338 g/mol. The molecule has 0 spiro atoms. The third kappa shape index (κ3) is 6.60. The van der Waals surface area contributed by atoms with E-state index in [1.54, 1.807) is 0 Å². The molecule has 2 aliphatic rings. The summed E-state index contributed by atoms with van der Waals surface area (Å²) >= 11 is 0. The quantitative estimate of drug-likeness (QED) is 0.424. The second-order valence-electron chi connectivity index (χ2n) is 7.52. The molecule has 2 N–H and O–H groups in total. The number of piperidine rings is 2. The van der Waals surface area contributed by atoms with Crippen LogP contribution in [0, 0.1) is 5.92 Å². The van der Waals surface area contributed by atoms with E-state index >= 15 is 0 Å². The maximum absolute atomic E-state index is 4.38. The molecule has 0 aromatic rings. The molecule has 2 saturated heterocycles. The Morgan fingerprint density at radius 1 is 1.12 bits per heavy atom. The van der Waals surface area contributed by atoms with Crippen LogP contribution in [0.1, 0.15) is 52.4 Å². The van der Waals surface area contributed by atoms with Gasteiger partial charge in [0.2, 0.25) is 0 Å². The third-order valence-corrected chi connectivity index (χ3v) is 5.69. The zero-order valence-electron chi connectivity index (χ0n) is 16.2. The maximum atomic E-state index is 4.38. The van der Waals surface area contributed by atoms with Crippen LogP contribution >= 0.6 is 0 Å². The molecule has 5 nitrogen and oxygen atoms in total. The highest BCUT2D eigenvalue weighted by Crippen LogP contribution is 2.16. The first-order valence-electron chi connectivity index (χ1n) is 10.1. The Kier molecular flexibility index (Phi) is 8.89. The molecule has 24 heavy (non-hydrogen) atoms. The van der Waals surface area contributed by atoms with Crippen LogP contribution in [-0.2, 0) is 0 Å². The van der Waals surface area contributed by atoms with E-state index < -0.39 is 0 Å². The Balaban J connectivity index is 1.58. The fourth-order valence-electron chi connectivity index (χ4n) is 4.05. The fraction of sp³-hybridized carbons (Fsp3) is 0.947. The van der Waals surface area contributed by atoms with Crippen LogP contribution in [0.4, 0.5) is 0 Å². The van der Waals surface area contributed by atoms with E-state index in [1.165, 1.54) is 71.2 Å². The van der Waals surface area contributed by atoms with Gasteiger partial charge in [-0.15, -0.1) is 0 Å². The van der Waals surface area contributed by atoms with Crippen molar-refractivity contribution in [3.63, 3.8) is 0 Å². The highest BCUT2D eigenvalue weighted by molar-refractivity contribution is 5.79. The normalized spacial score (nSPS) is 27.2. The van der Waals surface area contributed by atoms with Gasteiger partial charge in [-0.05, 0) is 64.6 Å². The second kappa shape index (κ2) is 10.9. The predicted molar refractivity (Wildman–Crippen MR) is 104 cm³/mol. The Hall–Kier alpha value is -0.810. The maximum Gasteiger partial charge on any atom is 0.190 e. The number of nitrogens with zero attached hydrogens (tertiary/aromatic N) is 3. The first-order chi connectivity index (χ1) is 11.7. The number of hydrogen-bond acceptors (Lipinski definition) is 3. The van der Waals surface area contributed by atoms with Crippen LogP contribution < -0.4 is 10.6 Å². The van der Waals surface area contributed by atoms with Gasteiger partial charge in [0.05, 0.1) is 0 Å². The van der Waals surface area contributed by atoms with Gasteiger partial charge >= 0.3 is 0 Å². The van der Waals surface area contributed by atoms with E-state index in [1.807, 2.05) is 7.05 Å². The van der Waals surface area contributed by atoms with Gasteiger partial charge in [0.25, 0.3) is 0 Å². The summed E-state index contributed by atoms with van der Waals surface area (Å²) in [6.07, 6.45) is 8.01. The van der Waals surface area contributed by atoms with E-state index in [4.69, 9.17) is 0 Å². The van der Waals surface area contributed by atoms with Gasteiger partial charge in [-0.25, -0.2) is 0 Å². The largest absolute Gasteiger partial charge is 0.356 e. The number of nitrogens with one attached hydrogen (secondary N) is 2. The van der Waals surface area contributed by atoms with Gasteiger partial charge in [-0.2, -0.15) is 0 Å². The zero-order chi connectivity index (χ0) is 17.2. The van der Waals surface area contributed by atoms with E-state index in [0.29, 0.717) is 0 Å². The molecule has 0 aromatic heterocycles. The summed E-state index contributed by atoms with van der Waals surface area (Å²) in [5.41, 5.74) is 0. The average Bonchev–Trinajstić information content (AvgIpc) is 2.62. The molecule has 2 unspecified atom stereocenters. The van der Waals surface area contributed by atoms with E-state index in [2.05, 4.69) is 39.3 Å². The van der Waals surface area contributed by atoms with E-state index in [9.17, 15) is 0 Å². The molecule has 0 bridgehead atoms. The first-order valence-corrected chi connectivity index (χ1v) is 10.1. The lowest BCUT2D eigenvalue weighted by Gasteiger charge is -2.33. The van der Waals surface area contributed by atoms with E-state index in [0.717, 1.165) is 31.0 Å². The number of aliphatic imine (C=N–C) groups is 1. The van der Waals surface area contributed by atoms with Crippen molar-refractivity contribution in [1.29, 1.82) is 0 Å². The Bertz CT molecular complexity index is 371. The zero-order valence-corrected chi connectivity index (χ0v) is 16.2. The number of guanidine groups is 1. The Morgan fingerprint density at radius 3 is 2.75 bits per heavy atom.